The Morgan fingerprint density at radius 3 is 2.60 bits per heavy atom. The number of nitrogens with zero attached hydrogens (tertiary/aromatic N) is 1. The highest BCUT2D eigenvalue weighted by molar-refractivity contribution is 5.86. The zero-order chi connectivity index (χ0) is 15.3. The van der Waals surface area contributed by atoms with Crippen LogP contribution < -0.4 is 16.4 Å². The van der Waals surface area contributed by atoms with Gasteiger partial charge in [0.25, 0.3) is 11.1 Å². The van der Waals surface area contributed by atoms with Gasteiger partial charge in [-0.1, -0.05) is 13.3 Å². The molecule has 0 radical (unpaired) electrons. The maximum atomic E-state index is 11.8. The molecule has 1 aromatic heterocycles. The third-order valence-corrected chi connectivity index (χ3v) is 2.83. The number of nitrogens with one attached hydrogen (secondary N) is 2. The van der Waals surface area contributed by atoms with Crippen molar-refractivity contribution in [1.29, 1.82) is 0 Å². The van der Waals surface area contributed by atoms with E-state index in [2.05, 4.69) is 10.4 Å². The summed E-state index contributed by atoms with van der Waals surface area (Å²) in [6.07, 6.45) is 0.833. The number of carbonyl (C=O) groups is 2. The van der Waals surface area contributed by atoms with Crippen LogP contribution in [-0.4, -0.2) is 32.3 Å². The molecule has 0 saturated heterocycles. The standard InChI is InChI=1S/C12H17N3O5/c1-3-6-12(2,11(19)20)13-9(17)7-15-10(18)5-4-8(16)14-15/h4-5H,3,6-7H2,1-2H3,(H,13,17)(H,14,16)(H,19,20). The van der Waals surface area contributed by atoms with Gasteiger partial charge in [-0.2, -0.15) is 0 Å². The minimum atomic E-state index is -1.40. The molecule has 0 fully saturated rings. The van der Waals surface area contributed by atoms with Crippen molar-refractivity contribution < 1.29 is 14.7 Å². The summed E-state index contributed by atoms with van der Waals surface area (Å²) in [5.41, 5.74) is -2.47. The van der Waals surface area contributed by atoms with Gasteiger partial charge in [0.05, 0.1) is 0 Å². The first kappa shape index (κ1) is 15.7. The Hall–Kier alpha value is -2.38. The Bertz CT molecular complexity index is 618. The number of hydrogen-bond acceptors (Lipinski definition) is 4. The van der Waals surface area contributed by atoms with Gasteiger partial charge >= 0.3 is 5.97 Å². The Morgan fingerprint density at radius 2 is 2.05 bits per heavy atom. The molecule has 20 heavy (non-hydrogen) atoms. The summed E-state index contributed by atoms with van der Waals surface area (Å²) < 4.78 is 0.825. The second-order valence-corrected chi connectivity index (χ2v) is 4.67. The smallest absolute Gasteiger partial charge is 0.329 e. The zero-order valence-corrected chi connectivity index (χ0v) is 11.3. The molecule has 0 aliphatic rings. The summed E-state index contributed by atoms with van der Waals surface area (Å²) in [4.78, 5) is 45.5. The molecule has 0 saturated carbocycles. The molecular formula is C12H17N3O5. The van der Waals surface area contributed by atoms with Crippen molar-refractivity contribution in [3.8, 4) is 0 Å². The number of aromatic nitrogens is 2. The second-order valence-electron chi connectivity index (χ2n) is 4.67. The van der Waals surface area contributed by atoms with Gasteiger partial charge in [-0.15, -0.1) is 0 Å². The monoisotopic (exact) mass is 283 g/mol. The van der Waals surface area contributed by atoms with E-state index in [0.29, 0.717) is 6.42 Å². The van der Waals surface area contributed by atoms with Crippen LogP contribution in [0.5, 0.6) is 0 Å². The molecule has 1 unspecified atom stereocenters. The first-order chi connectivity index (χ1) is 9.28. The van der Waals surface area contributed by atoms with E-state index in [1.165, 1.54) is 6.92 Å². The number of hydrogen-bond donors (Lipinski definition) is 3. The average molecular weight is 283 g/mol. The number of carboxylic acid groups (broad SMARTS) is 1. The molecule has 110 valence electrons. The van der Waals surface area contributed by atoms with Crippen LogP contribution in [0.3, 0.4) is 0 Å². The Balaban J connectivity index is 2.86. The number of rotatable bonds is 6. The molecule has 0 aliphatic carbocycles. The molecule has 1 heterocycles. The summed E-state index contributed by atoms with van der Waals surface area (Å²) in [7, 11) is 0. The molecular weight excluding hydrogens is 266 g/mol. The third-order valence-electron chi connectivity index (χ3n) is 2.83. The zero-order valence-electron chi connectivity index (χ0n) is 11.3. The van der Waals surface area contributed by atoms with Crippen molar-refractivity contribution in [2.24, 2.45) is 0 Å². The number of aliphatic carboxylic acids is 1. The lowest BCUT2D eigenvalue weighted by Crippen LogP contribution is -2.53. The van der Waals surface area contributed by atoms with Crippen LogP contribution in [0.4, 0.5) is 0 Å². The Morgan fingerprint density at radius 1 is 1.40 bits per heavy atom. The maximum Gasteiger partial charge on any atom is 0.329 e. The molecule has 3 N–H and O–H groups in total. The summed E-state index contributed by atoms with van der Waals surface area (Å²) in [6, 6.07) is 2.09. The van der Waals surface area contributed by atoms with Gasteiger partial charge in [-0.05, 0) is 13.3 Å². The predicted molar refractivity (Wildman–Crippen MR) is 70.4 cm³/mol. The molecule has 1 aromatic rings. The average Bonchev–Trinajstić information content (AvgIpc) is 2.33. The van der Waals surface area contributed by atoms with Crippen molar-refractivity contribution in [1.82, 2.24) is 15.1 Å². The van der Waals surface area contributed by atoms with Crippen LogP contribution in [0, 0.1) is 0 Å². The molecule has 0 aliphatic heterocycles. The van der Waals surface area contributed by atoms with Crippen LogP contribution in [0.25, 0.3) is 0 Å². The van der Waals surface area contributed by atoms with E-state index in [1.54, 1.807) is 6.92 Å². The van der Waals surface area contributed by atoms with Crippen LogP contribution in [0.15, 0.2) is 21.7 Å². The second kappa shape index (κ2) is 6.18. The quantitative estimate of drug-likeness (QED) is 0.637. The van der Waals surface area contributed by atoms with Crippen LogP contribution in [-0.2, 0) is 16.1 Å². The van der Waals surface area contributed by atoms with Crippen LogP contribution >= 0.6 is 0 Å². The van der Waals surface area contributed by atoms with Gasteiger partial charge < -0.3 is 10.4 Å². The third kappa shape index (κ3) is 3.81. The summed E-state index contributed by atoms with van der Waals surface area (Å²) >= 11 is 0. The summed E-state index contributed by atoms with van der Waals surface area (Å²) in [6.45, 7) is 2.75. The number of aromatic amines is 1. The minimum absolute atomic E-state index is 0.258. The van der Waals surface area contributed by atoms with E-state index in [0.717, 1.165) is 16.8 Å². The van der Waals surface area contributed by atoms with Crippen molar-refractivity contribution >= 4 is 11.9 Å². The van der Waals surface area contributed by atoms with Crippen molar-refractivity contribution in [2.45, 2.75) is 38.8 Å². The topological polar surface area (TPSA) is 121 Å². The van der Waals surface area contributed by atoms with Crippen molar-refractivity contribution in [3.63, 3.8) is 0 Å². The van der Waals surface area contributed by atoms with Gasteiger partial charge in [0.2, 0.25) is 5.91 Å². The highest BCUT2D eigenvalue weighted by Crippen LogP contribution is 2.12. The largest absolute Gasteiger partial charge is 0.480 e. The van der Waals surface area contributed by atoms with Gasteiger partial charge in [-0.25, -0.2) is 9.48 Å². The summed E-state index contributed by atoms with van der Waals surface area (Å²) in [5, 5.41) is 13.7. The van der Waals surface area contributed by atoms with Crippen molar-refractivity contribution in [3.05, 3.63) is 32.8 Å². The molecule has 1 rings (SSSR count). The van der Waals surface area contributed by atoms with E-state index < -0.39 is 35.1 Å². The first-order valence-corrected chi connectivity index (χ1v) is 6.13. The van der Waals surface area contributed by atoms with E-state index >= 15 is 0 Å². The van der Waals surface area contributed by atoms with Gasteiger partial charge in [-0.3, -0.25) is 19.5 Å². The fourth-order valence-electron chi connectivity index (χ4n) is 1.79. The highest BCUT2D eigenvalue weighted by atomic mass is 16.4. The van der Waals surface area contributed by atoms with Gasteiger partial charge in [0, 0.05) is 12.1 Å². The summed E-state index contributed by atoms with van der Waals surface area (Å²) in [5.74, 6) is -1.81. The van der Waals surface area contributed by atoms with Crippen LogP contribution in [0.2, 0.25) is 0 Å². The fourth-order valence-corrected chi connectivity index (χ4v) is 1.79. The lowest BCUT2D eigenvalue weighted by molar-refractivity contribution is -0.147. The highest BCUT2D eigenvalue weighted by Gasteiger charge is 2.33. The number of carbonyl (C=O) groups excluding carboxylic acids is 1. The molecule has 0 aromatic carbocycles. The lowest BCUT2D eigenvalue weighted by atomic mass is 9.96. The number of carboxylic acids is 1. The van der Waals surface area contributed by atoms with E-state index in [9.17, 15) is 19.2 Å². The molecule has 0 bridgehead atoms. The molecule has 0 spiro atoms. The normalized spacial score (nSPS) is 13.5. The van der Waals surface area contributed by atoms with E-state index in [4.69, 9.17) is 5.11 Å². The SMILES string of the molecule is CCCC(C)(NC(=O)Cn1[nH]c(=O)ccc1=O)C(=O)O. The Kier molecular flexibility index (Phi) is 4.84. The fraction of sp³-hybridized carbons (Fsp3) is 0.500. The first-order valence-electron chi connectivity index (χ1n) is 6.13. The molecule has 8 heteroatoms. The maximum absolute atomic E-state index is 11.8. The van der Waals surface area contributed by atoms with Gasteiger partial charge in [0.15, 0.2) is 0 Å². The van der Waals surface area contributed by atoms with E-state index in [1.807, 2.05) is 0 Å². The minimum Gasteiger partial charge on any atom is -0.480 e. The molecule has 1 atom stereocenters. The predicted octanol–water partition coefficient (Wildman–Crippen LogP) is -0.704. The van der Waals surface area contributed by atoms with E-state index in [-0.39, 0.29) is 6.42 Å². The van der Waals surface area contributed by atoms with Gasteiger partial charge in [0.1, 0.15) is 12.1 Å². The number of H-pyrrole nitrogens is 1. The lowest BCUT2D eigenvalue weighted by Gasteiger charge is -2.25. The van der Waals surface area contributed by atoms with Crippen molar-refractivity contribution in [2.75, 3.05) is 0 Å². The molecule has 8 nitrogen and oxygen atoms in total. The van der Waals surface area contributed by atoms with Crippen LogP contribution in [0.1, 0.15) is 26.7 Å². The molecule has 1 amide bonds. The number of amides is 1. The Labute approximate surface area is 114 Å².